The van der Waals surface area contributed by atoms with Crippen LogP contribution in [0.4, 0.5) is 4.79 Å². The summed E-state index contributed by atoms with van der Waals surface area (Å²) in [6.07, 6.45) is 1.25. The topological polar surface area (TPSA) is 59.1 Å². The first-order valence-electron chi connectivity index (χ1n) is 7.89. The molecule has 0 atom stereocenters. The molecule has 1 aliphatic rings. The van der Waals surface area contributed by atoms with Gasteiger partial charge < -0.3 is 19.3 Å². The number of methoxy groups -OCH3 is 2. The number of hydrogen-bond acceptors (Lipinski definition) is 4. The largest absolute Gasteiger partial charge is 0.496 e. The summed E-state index contributed by atoms with van der Waals surface area (Å²) in [5.74, 6) is 0.533. The van der Waals surface area contributed by atoms with Gasteiger partial charge in [-0.05, 0) is 30.5 Å². The van der Waals surface area contributed by atoms with Crippen molar-refractivity contribution in [3.8, 4) is 5.75 Å². The highest BCUT2D eigenvalue weighted by Gasteiger charge is 2.25. The number of hydrogen-bond donors (Lipinski definition) is 0. The van der Waals surface area contributed by atoms with E-state index in [1.165, 1.54) is 7.11 Å². The van der Waals surface area contributed by atoms with Gasteiger partial charge in [-0.2, -0.15) is 0 Å². The number of rotatable bonds is 3. The molecule has 23 heavy (non-hydrogen) atoms. The van der Waals surface area contributed by atoms with Gasteiger partial charge in [0.1, 0.15) is 5.75 Å². The second-order valence-electron chi connectivity index (χ2n) is 5.49. The summed E-state index contributed by atoms with van der Waals surface area (Å²) in [5, 5.41) is 0. The van der Waals surface area contributed by atoms with Crippen molar-refractivity contribution >= 4 is 12.0 Å². The van der Waals surface area contributed by atoms with Crippen LogP contribution in [-0.4, -0.2) is 62.2 Å². The van der Waals surface area contributed by atoms with Gasteiger partial charge in [0.2, 0.25) is 0 Å². The van der Waals surface area contributed by atoms with E-state index in [0.717, 1.165) is 18.4 Å². The first-order valence-corrected chi connectivity index (χ1v) is 7.89. The molecular formula is C17H24N2O4. The average Bonchev–Trinajstić information content (AvgIpc) is 2.85. The fraction of sp³-hybridized carbons (Fsp3) is 0.529. The second kappa shape index (κ2) is 7.85. The minimum Gasteiger partial charge on any atom is -0.496 e. The van der Waals surface area contributed by atoms with E-state index in [1.807, 2.05) is 18.2 Å². The predicted molar refractivity (Wildman–Crippen MR) is 86.9 cm³/mol. The zero-order valence-electron chi connectivity index (χ0n) is 14.0. The normalized spacial score (nSPS) is 15.1. The Labute approximate surface area is 137 Å². The second-order valence-corrected chi connectivity index (χ2v) is 5.49. The SMILES string of the molecule is CCc1ccc(OC)c(C(=O)N2CCCN(C(=O)OC)CC2)c1. The van der Waals surface area contributed by atoms with Gasteiger partial charge in [0, 0.05) is 26.2 Å². The van der Waals surface area contributed by atoms with Crippen LogP contribution in [0.5, 0.6) is 5.75 Å². The molecule has 126 valence electrons. The number of nitrogens with zero attached hydrogens (tertiary/aromatic N) is 2. The van der Waals surface area contributed by atoms with Crippen molar-refractivity contribution < 1.29 is 19.1 Å². The molecule has 0 spiro atoms. The number of amides is 2. The fourth-order valence-electron chi connectivity index (χ4n) is 2.74. The van der Waals surface area contributed by atoms with E-state index in [9.17, 15) is 9.59 Å². The van der Waals surface area contributed by atoms with E-state index in [0.29, 0.717) is 37.5 Å². The van der Waals surface area contributed by atoms with Crippen LogP contribution >= 0.6 is 0 Å². The molecular weight excluding hydrogens is 296 g/mol. The van der Waals surface area contributed by atoms with Gasteiger partial charge in [-0.25, -0.2) is 4.79 Å². The smallest absolute Gasteiger partial charge is 0.409 e. The summed E-state index contributed by atoms with van der Waals surface area (Å²) < 4.78 is 10.1. The molecule has 1 saturated heterocycles. The van der Waals surface area contributed by atoms with Crippen LogP contribution in [0.3, 0.4) is 0 Å². The highest BCUT2D eigenvalue weighted by atomic mass is 16.5. The molecule has 2 amide bonds. The zero-order chi connectivity index (χ0) is 16.8. The van der Waals surface area contributed by atoms with Crippen molar-refractivity contribution in [2.45, 2.75) is 19.8 Å². The first kappa shape index (κ1) is 17.1. The molecule has 0 radical (unpaired) electrons. The van der Waals surface area contributed by atoms with Crippen LogP contribution in [0, 0.1) is 0 Å². The summed E-state index contributed by atoms with van der Waals surface area (Å²) in [5.41, 5.74) is 1.68. The molecule has 0 unspecified atom stereocenters. The van der Waals surface area contributed by atoms with Crippen LogP contribution < -0.4 is 4.74 Å². The number of carbonyl (C=O) groups excluding carboxylic acids is 2. The summed E-state index contributed by atoms with van der Waals surface area (Å²) in [7, 11) is 2.94. The van der Waals surface area contributed by atoms with Gasteiger partial charge in [0.25, 0.3) is 5.91 Å². The number of ether oxygens (including phenoxy) is 2. The standard InChI is InChI=1S/C17H24N2O4/c1-4-13-6-7-15(22-2)14(12-13)16(20)18-8-5-9-19(11-10-18)17(21)23-3/h6-7,12H,4-5,8-11H2,1-3H3. The Morgan fingerprint density at radius 3 is 2.43 bits per heavy atom. The monoisotopic (exact) mass is 320 g/mol. The van der Waals surface area contributed by atoms with E-state index in [1.54, 1.807) is 16.9 Å². The van der Waals surface area contributed by atoms with Crippen molar-refractivity contribution in [1.29, 1.82) is 0 Å². The van der Waals surface area contributed by atoms with Crippen molar-refractivity contribution in [2.24, 2.45) is 0 Å². The Balaban J connectivity index is 2.15. The summed E-state index contributed by atoms with van der Waals surface area (Å²) in [6, 6.07) is 5.70. The van der Waals surface area contributed by atoms with Gasteiger partial charge >= 0.3 is 6.09 Å². The number of aryl methyl sites for hydroxylation is 1. The molecule has 0 aromatic heterocycles. The van der Waals surface area contributed by atoms with Crippen LogP contribution in [0.1, 0.15) is 29.3 Å². The minimum absolute atomic E-state index is 0.0520. The number of benzene rings is 1. The predicted octanol–water partition coefficient (Wildman–Crippen LogP) is 2.17. The van der Waals surface area contributed by atoms with Crippen LogP contribution in [0.25, 0.3) is 0 Å². The molecule has 1 aliphatic heterocycles. The van der Waals surface area contributed by atoms with Crippen molar-refractivity contribution in [3.63, 3.8) is 0 Å². The maximum absolute atomic E-state index is 12.9. The molecule has 1 aromatic rings. The third-order valence-corrected chi connectivity index (χ3v) is 4.12. The molecule has 1 heterocycles. The Bertz CT molecular complexity index is 574. The highest BCUT2D eigenvalue weighted by Crippen LogP contribution is 2.22. The molecule has 2 rings (SSSR count). The molecule has 0 saturated carbocycles. The Morgan fingerprint density at radius 1 is 1.09 bits per heavy atom. The minimum atomic E-state index is -0.343. The molecule has 1 aromatic carbocycles. The lowest BCUT2D eigenvalue weighted by atomic mass is 10.1. The molecule has 0 N–H and O–H groups in total. The van der Waals surface area contributed by atoms with Gasteiger partial charge in [-0.1, -0.05) is 13.0 Å². The molecule has 6 nitrogen and oxygen atoms in total. The maximum Gasteiger partial charge on any atom is 0.409 e. The Kier molecular flexibility index (Phi) is 5.84. The van der Waals surface area contributed by atoms with Gasteiger partial charge in [0.05, 0.1) is 19.8 Å². The zero-order valence-corrected chi connectivity index (χ0v) is 14.0. The number of carbonyl (C=O) groups is 2. The molecule has 1 fully saturated rings. The maximum atomic E-state index is 12.9. The van der Waals surface area contributed by atoms with Gasteiger partial charge in [-0.15, -0.1) is 0 Å². The quantitative estimate of drug-likeness (QED) is 0.856. The van der Waals surface area contributed by atoms with Crippen molar-refractivity contribution in [1.82, 2.24) is 9.80 Å². The average molecular weight is 320 g/mol. The van der Waals surface area contributed by atoms with Gasteiger partial charge in [0.15, 0.2) is 0 Å². The van der Waals surface area contributed by atoms with Crippen LogP contribution in [0.15, 0.2) is 18.2 Å². The summed E-state index contributed by atoms with van der Waals surface area (Å²) >= 11 is 0. The van der Waals surface area contributed by atoms with E-state index in [2.05, 4.69) is 6.92 Å². The van der Waals surface area contributed by atoms with E-state index in [4.69, 9.17) is 9.47 Å². The van der Waals surface area contributed by atoms with Crippen molar-refractivity contribution in [2.75, 3.05) is 40.4 Å². The summed E-state index contributed by atoms with van der Waals surface area (Å²) in [6.45, 7) is 4.24. The molecule has 0 aliphatic carbocycles. The molecule has 0 bridgehead atoms. The van der Waals surface area contributed by atoms with E-state index < -0.39 is 0 Å². The highest BCUT2D eigenvalue weighted by molar-refractivity contribution is 5.97. The van der Waals surface area contributed by atoms with Crippen molar-refractivity contribution in [3.05, 3.63) is 29.3 Å². The van der Waals surface area contributed by atoms with E-state index in [-0.39, 0.29) is 12.0 Å². The third kappa shape index (κ3) is 3.94. The van der Waals surface area contributed by atoms with E-state index >= 15 is 0 Å². The first-order chi connectivity index (χ1) is 11.1. The van der Waals surface area contributed by atoms with Crippen LogP contribution in [-0.2, 0) is 11.2 Å². The molecule has 6 heteroatoms. The Hall–Kier alpha value is -2.24. The lowest BCUT2D eigenvalue weighted by Gasteiger charge is -2.22. The Morgan fingerprint density at radius 2 is 1.78 bits per heavy atom. The summed E-state index contributed by atoms with van der Waals surface area (Å²) in [4.78, 5) is 27.9. The lowest BCUT2D eigenvalue weighted by Crippen LogP contribution is -2.37. The lowest BCUT2D eigenvalue weighted by molar-refractivity contribution is 0.0753. The van der Waals surface area contributed by atoms with Gasteiger partial charge in [-0.3, -0.25) is 4.79 Å². The third-order valence-electron chi connectivity index (χ3n) is 4.12. The van der Waals surface area contributed by atoms with Crippen LogP contribution in [0.2, 0.25) is 0 Å². The fourth-order valence-corrected chi connectivity index (χ4v) is 2.74.